The van der Waals surface area contributed by atoms with Crippen LogP contribution in [0.4, 0.5) is 0 Å². The molecule has 1 aromatic heterocycles. The summed E-state index contributed by atoms with van der Waals surface area (Å²) < 4.78 is 0. The predicted molar refractivity (Wildman–Crippen MR) is 74.5 cm³/mol. The van der Waals surface area contributed by atoms with Crippen molar-refractivity contribution in [2.24, 2.45) is 5.73 Å². The number of amides is 1. The number of nitrogens with two attached hydrogens (primary N) is 1. The van der Waals surface area contributed by atoms with Gasteiger partial charge in [-0.3, -0.25) is 4.79 Å². The summed E-state index contributed by atoms with van der Waals surface area (Å²) in [5, 5.41) is 0. The zero-order valence-electron chi connectivity index (χ0n) is 11.4. The molecule has 4 nitrogen and oxygen atoms in total. The van der Waals surface area contributed by atoms with Crippen molar-refractivity contribution in [3.8, 4) is 0 Å². The number of likely N-dealkylation sites (tertiary alicyclic amines) is 1. The SMILES string of the molecule is NC1(CC(=O)N2CCCC2c2ccc[nH]2)CCCC1. The van der Waals surface area contributed by atoms with E-state index in [2.05, 4.69) is 11.1 Å². The lowest BCUT2D eigenvalue weighted by Gasteiger charge is -2.29. The zero-order valence-corrected chi connectivity index (χ0v) is 11.4. The minimum atomic E-state index is -0.236. The van der Waals surface area contributed by atoms with Gasteiger partial charge in [-0.15, -0.1) is 0 Å². The summed E-state index contributed by atoms with van der Waals surface area (Å²) in [4.78, 5) is 17.8. The van der Waals surface area contributed by atoms with Gasteiger partial charge in [0.15, 0.2) is 0 Å². The molecule has 4 heteroatoms. The zero-order chi connectivity index (χ0) is 13.3. The minimum absolute atomic E-state index is 0.229. The number of nitrogens with one attached hydrogen (secondary N) is 1. The van der Waals surface area contributed by atoms with E-state index in [9.17, 15) is 4.79 Å². The monoisotopic (exact) mass is 261 g/mol. The van der Waals surface area contributed by atoms with Gasteiger partial charge in [0.2, 0.25) is 5.91 Å². The normalized spacial score (nSPS) is 25.9. The molecular weight excluding hydrogens is 238 g/mol. The summed E-state index contributed by atoms with van der Waals surface area (Å²) in [7, 11) is 0. The second-order valence-corrected chi connectivity index (χ2v) is 6.12. The van der Waals surface area contributed by atoms with Crippen LogP contribution in [-0.2, 0) is 4.79 Å². The third-order valence-electron chi connectivity index (χ3n) is 4.66. The van der Waals surface area contributed by atoms with Gasteiger partial charge in [0.1, 0.15) is 0 Å². The first-order valence-corrected chi connectivity index (χ1v) is 7.40. The van der Waals surface area contributed by atoms with E-state index in [-0.39, 0.29) is 17.5 Å². The Morgan fingerprint density at radius 1 is 1.42 bits per heavy atom. The van der Waals surface area contributed by atoms with Crippen LogP contribution < -0.4 is 5.73 Å². The van der Waals surface area contributed by atoms with Crippen LogP contribution in [-0.4, -0.2) is 27.9 Å². The molecule has 0 spiro atoms. The Morgan fingerprint density at radius 2 is 2.21 bits per heavy atom. The number of H-pyrrole nitrogens is 1. The van der Waals surface area contributed by atoms with Crippen LogP contribution in [0.3, 0.4) is 0 Å². The Morgan fingerprint density at radius 3 is 2.89 bits per heavy atom. The molecular formula is C15H23N3O. The summed E-state index contributed by atoms with van der Waals surface area (Å²) in [6.07, 6.45) is 8.94. The lowest BCUT2D eigenvalue weighted by Crippen LogP contribution is -2.43. The average molecular weight is 261 g/mol. The van der Waals surface area contributed by atoms with E-state index in [1.54, 1.807) is 0 Å². The van der Waals surface area contributed by atoms with Crippen molar-refractivity contribution in [2.75, 3.05) is 6.54 Å². The van der Waals surface area contributed by atoms with Gasteiger partial charge in [0.05, 0.1) is 6.04 Å². The summed E-state index contributed by atoms with van der Waals surface area (Å²) in [6, 6.07) is 4.30. The van der Waals surface area contributed by atoms with Gasteiger partial charge in [0.25, 0.3) is 0 Å². The molecule has 0 radical (unpaired) electrons. The third kappa shape index (κ3) is 2.54. The number of rotatable bonds is 3. The standard InChI is InChI=1S/C15H23N3O/c16-15(7-1-2-8-15)11-14(19)18-10-4-6-13(18)12-5-3-9-17-12/h3,5,9,13,17H,1-2,4,6-8,10-11,16H2. The van der Waals surface area contributed by atoms with E-state index in [1.165, 1.54) is 12.8 Å². The Labute approximate surface area is 114 Å². The molecule has 1 saturated heterocycles. The fourth-order valence-electron chi connectivity index (χ4n) is 3.60. The first kappa shape index (κ1) is 12.7. The Kier molecular flexibility index (Phi) is 3.35. The molecule has 2 heterocycles. The maximum Gasteiger partial charge on any atom is 0.224 e. The molecule has 1 aliphatic carbocycles. The number of carbonyl (C=O) groups excluding carboxylic acids is 1. The van der Waals surface area contributed by atoms with E-state index >= 15 is 0 Å². The molecule has 1 aromatic rings. The molecule has 1 aliphatic heterocycles. The highest BCUT2D eigenvalue weighted by Gasteiger charge is 2.37. The van der Waals surface area contributed by atoms with Crippen LogP contribution in [0.2, 0.25) is 0 Å². The number of aromatic nitrogens is 1. The van der Waals surface area contributed by atoms with Gasteiger partial charge in [0, 0.05) is 30.4 Å². The van der Waals surface area contributed by atoms with Crippen LogP contribution in [0.5, 0.6) is 0 Å². The molecule has 104 valence electrons. The molecule has 1 amide bonds. The summed E-state index contributed by atoms with van der Waals surface area (Å²) in [5.41, 5.74) is 7.26. The number of hydrogen-bond acceptors (Lipinski definition) is 2. The molecule has 1 atom stereocenters. The second-order valence-electron chi connectivity index (χ2n) is 6.12. The molecule has 3 rings (SSSR count). The smallest absolute Gasteiger partial charge is 0.224 e. The van der Waals surface area contributed by atoms with E-state index in [4.69, 9.17) is 5.73 Å². The highest BCUT2D eigenvalue weighted by Crippen LogP contribution is 2.35. The van der Waals surface area contributed by atoms with E-state index < -0.39 is 0 Å². The molecule has 0 bridgehead atoms. The summed E-state index contributed by atoms with van der Waals surface area (Å²) in [5.74, 6) is 0.238. The maximum absolute atomic E-state index is 12.5. The van der Waals surface area contributed by atoms with Gasteiger partial charge in [-0.1, -0.05) is 12.8 Å². The summed E-state index contributed by atoms with van der Waals surface area (Å²) >= 11 is 0. The van der Waals surface area contributed by atoms with E-state index in [0.29, 0.717) is 6.42 Å². The number of aromatic amines is 1. The van der Waals surface area contributed by atoms with Gasteiger partial charge in [-0.2, -0.15) is 0 Å². The second kappa shape index (κ2) is 5.00. The molecule has 2 aliphatic rings. The number of hydrogen-bond donors (Lipinski definition) is 2. The van der Waals surface area contributed by atoms with Gasteiger partial charge in [-0.25, -0.2) is 0 Å². The molecule has 0 aromatic carbocycles. The van der Waals surface area contributed by atoms with Crippen molar-refractivity contribution in [3.05, 3.63) is 24.0 Å². The quantitative estimate of drug-likeness (QED) is 0.877. The van der Waals surface area contributed by atoms with Gasteiger partial charge >= 0.3 is 0 Å². The Balaban J connectivity index is 1.69. The lowest BCUT2D eigenvalue weighted by molar-refractivity contribution is -0.133. The van der Waals surface area contributed by atoms with Crippen molar-refractivity contribution >= 4 is 5.91 Å². The fourth-order valence-corrected chi connectivity index (χ4v) is 3.60. The first-order chi connectivity index (χ1) is 9.18. The molecule has 19 heavy (non-hydrogen) atoms. The van der Waals surface area contributed by atoms with Crippen molar-refractivity contribution in [1.82, 2.24) is 9.88 Å². The van der Waals surface area contributed by atoms with Gasteiger partial charge < -0.3 is 15.6 Å². The Bertz CT molecular complexity index is 434. The van der Waals surface area contributed by atoms with E-state index in [1.807, 2.05) is 17.2 Å². The molecule has 3 N–H and O–H groups in total. The highest BCUT2D eigenvalue weighted by atomic mass is 16.2. The van der Waals surface area contributed by atoms with Crippen LogP contribution in [0.25, 0.3) is 0 Å². The first-order valence-electron chi connectivity index (χ1n) is 7.40. The van der Waals surface area contributed by atoms with Crippen LogP contribution >= 0.6 is 0 Å². The molecule has 1 unspecified atom stereocenters. The summed E-state index contributed by atoms with van der Waals surface area (Å²) in [6.45, 7) is 0.874. The maximum atomic E-state index is 12.5. The van der Waals surface area contributed by atoms with Crippen molar-refractivity contribution in [2.45, 2.75) is 56.5 Å². The van der Waals surface area contributed by atoms with Crippen LogP contribution in [0.1, 0.15) is 56.7 Å². The Hall–Kier alpha value is -1.29. The van der Waals surface area contributed by atoms with Crippen molar-refractivity contribution < 1.29 is 4.79 Å². The van der Waals surface area contributed by atoms with E-state index in [0.717, 1.165) is 37.9 Å². The lowest BCUT2D eigenvalue weighted by atomic mass is 9.94. The third-order valence-corrected chi connectivity index (χ3v) is 4.66. The van der Waals surface area contributed by atoms with Crippen LogP contribution in [0.15, 0.2) is 18.3 Å². The number of nitrogens with zero attached hydrogens (tertiary/aromatic N) is 1. The largest absolute Gasteiger partial charge is 0.363 e. The predicted octanol–water partition coefficient (Wildman–Crippen LogP) is 2.34. The average Bonchev–Trinajstić information content (AvgIpc) is 3.08. The topological polar surface area (TPSA) is 62.1 Å². The highest BCUT2D eigenvalue weighted by molar-refractivity contribution is 5.78. The molecule has 1 saturated carbocycles. The minimum Gasteiger partial charge on any atom is -0.363 e. The van der Waals surface area contributed by atoms with Crippen molar-refractivity contribution in [3.63, 3.8) is 0 Å². The molecule has 2 fully saturated rings. The number of carbonyl (C=O) groups is 1. The van der Waals surface area contributed by atoms with Crippen molar-refractivity contribution in [1.29, 1.82) is 0 Å². The van der Waals surface area contributed by atoms with Crippen LogP contribution in [0, 0.1) is 0 Å². The fraction of sp³-hybridized carbons (Fsp3) is 0.667. The van der Waals surface area contributed by atoms with Gasteiger partial charge in [-0.05, 0) is 37.8 Å².